The van der Waals surface area contributed by atoms with Crippen LogP contribution in [0.4, 0.5) is 4.39 Å². The van der Waals surface area contributed by atoms with Gasteiger partial charge in [-0.25, -0.2) is 9.07 Å². The first kappa shape index (κ1) is 14.3. The predicted molar refractivity (Wildman–Crippen MR) is 84.9 cm³/mol. The molecule has 0 spiro atoms. The smallest absolute Gasteiger partial charge is 0.165 e. The van der Waals surface area contributed by atoms with Crippen molar-refractivity contribution in [1.29, 1.82) is 0 Å². The standard InChI is InChI=1S/C18H17FN2O/c1-3-22-17-10-9-14(11-16(17)19)18-13(2)12-21(20-18)15-7-5-4-6-8-15/h4-12H,3H2,1-2H3. The van der Waals surface area contributed by atoms with Crippen molar-refractivity contribution in [3.05, 3.63) is 66.1 Å². The highest BCUT2D eigenvalue weighted by atomic mass is 19.1. The van der Waals surface area contributed by atoms with Crippen LogP contribution >= 0.6 is 0 Å². The van der Waals surface area contributed by atoms with Crippen molar-refractivity contribution in [2.24, 2.45) is 0 Å². The fourth-order valence-electron chi connectivity index (χ4n) is 2.38. The zero-order valence-corrected chi connectivity index (χ0v) is 12.6. The predicted octanol–water partition coefficient (Wildman–Crippen LogP) is 4.39. The van der Waals surface area contributed by atoms with Crippen molar-refractivity contribution in [1.82, 2.24) is 9.78 Å². The Morgan fingerprint density at radius 2 is 1.91 bits per heavy atom. The van der Waals surface area contributed by atoms with Crippen molar-refractivity contribution >= 4 is 0 Å². The second-order valence-electron chi connectivity index (χ2n) is 5.02. The number of nitrogens with zero attached hydrogens (tertiary/aromatic N) is 2. The maximum absolute atomic E-state index is 14.0. The Bertz CT molecular complexity index is 781. The number of ether oxygens (including phenoxy) is 1. The Balaban J connectivity index is 1.99. The monoisotopic (exact) mass is 296 g/mol. The number of halogens is 1. The lowest BCUT2D eigenvalue weighted by Crippen LogP contribution is -1.96. The van der Waals surface area contributed by atoms with E-state index >= 15 is 0 Å². The first-order valence-electron chi connectivity index (χ1n) is 7.23. The van der Waals surface area contributed by atoms with Crippen LogP contribution in [0.5, 0.6) is 5.75 Å². The molecule has 0 saturated heterocycles. The van der Waals surface area contributed by atoms with E-state index in [0.717, 1.165) is 22.5 Å². The summed E-state index contributed by atoms with van der Waals surface area (Å²) in [4.78, 5) is 0. The van der Waals surface area contributed by atoms with Gasteiger partial charge in [0, 0.05) is 11.8 Å². The van der Waals surface area contributed by atoms with E-state index in [1.165, 1.54) is 6.07 Å². The molecule has 0 radical (unpaired) electrons. The van der Waals surface area contributed by atoms with Gasteiger partial charge < -0.3 is 4.74 Å². The molecule has 0 aliphatic heterocycles. The molecule has 0 saturated carbocycles. The van der Waals surface area contributed by atoms with Crippen molar-refractivity contribution < 1.29 is 9.13 Å². The summed E-state index contributed by atoms with van der Waals surface area (Å²) in [7, 11) is 0. The van der Waals surface area contributed by atoms with Crippen LogP contribution in [-0.2, 0) is 0 Å². The van der Waals surface area contributed by atoms with Gasteiger partial charge >= 0.3 is 0 Å². The maximum atomic E-state index is 14.0. The van der Waals surface area contributed by atoms with E-state index in [1.807, 2.05) is 56.4 Å². The molecule has 0 aliphatic carbocycles. The van der Waals surface area contributed by atoms with E-state index in [4.69, 9.17) is 4.74 Å². The summed E-state index contributed by atoms with van der Waals surface area (Å²) in [6.07, 6.45) is 1.94. The highest BCUT2D eigenvalue weighted by molar-refractivity contribution is 5.64. The van der Waals surface area contributed by atoms with Crippen molar-refractivity contribution in [3.8, 4) is 22.7 Å². The van der Waals surface area contributed by atoms with Crippen LogP contribution < -0.4 is 4.74 Å². The highest BCUT2D eigenvalue weighted by Crippen LogP contribution is 2.27. The molecule has 0 aliphatic rings. The molecule has 0 unspecified atom stereocenters. The first-order chi connectivity index (χ1) is 10.7. The quantitative estimate of drug-likeness (QED) is 0.714. The summed E-state index contributed by atoms with van der Waals surface area (Å²) >= 11 is 0. The second-order valence-corrected chi connectivity index (χ2v) is 5.02. The van der Waals surface area contributed by atoms with Crippen LogP contribution in [0.3, 0.4) is 0 Å². The lowest BCUT2D eigenvalue weighted by molar-refractivity contribution is 0.321. The van der Waals surface area contributed by atoms with Gasteiger partial charge in [0.2, 0.25) is 0 Å². The molecule has 1 heterocycles. The summed E-state index contributed by atoms with van der Waals surface area (Å²) in [5, 5.41) is 4.58. The SMILES string of the molecule is CCOc1ccc(-c2nn(-c3ccccc3)cc2C)cc1F. The van der Waals surface area contributed by atoms with Gasteiger partial charge in [0.1, 0.15) is 0 Å². The number of benzene rings is 2. The molecule has 4 heteroatoms. The molecule has 112 valence electrons. The van der Waals surface area contributed by atoms with E-state index in [9.17, 15) is 4.39 Å². The first-order valence-corrected chi connectivity index (χ1v) is 7.23. The van der Waals surface area contributed by atoms with E-state index in [2.05, 4.69) is 5.10 Å². The van der Waals surface area contributed by atoms with Crippen molar-refractivity contribution in [2.45, 2.75) is 13.8 Å². The highest BCUT2D eigenvalue weighted by Gasteiger charge is 2.12. The molecule has 3 aromatic rings. The fraction of sp³-hybridized carbons (Fsp3) is 0.167. The summed E-state index contributed by atoms with van der Waals surface area (Å²) in [6.45, 7) is 4.24. The molecular formula is C18H17FN2O. The largest absolute Gasteiger partial charge is 0.491 e. The molecule has 0 amide bonds. The van der Waals surface area contributed by atoms with E-state index in [-0.39, 0.29) is 11.6 Å². The Hall–Kier alpha value is -2.62. The van der Waals surface area contributed by atoms with Crippen molar-refractivity contribution in [3.63, 3.8) is 0 Å². The summed E-state index contributed by atoms with van der Waals surface area (Å²) in [5.74, 6) is -0.0978. The topological polar surface area (TPSA) is 27.1 Å². The third kappa shape index (κ3) is 2.72. The van der Waals surface area contributed by atoms with Gasteiger partial charge in [-0.2, -0.15) is 5.10 Å². The average Bonchev–Trinajstić information content (AvgIpc) is 2.92. The van der Waals surface area contributed by atoms with Crippen LogP contribution in [0.15, 0.2) is 54.7 Å². The van der Waals surface area contributed by atoms with Gasteiger partial charge in [-0.3, -0.25) is 0 Å². The van der Waals surface area contributed by atoms with Gasteiger partial charge in [-0.15, -0.1) is 0 Å². The van der Waals surface area contributed by atoms with Crippen LogP contribution in [0.25, 0.3) is 16.9 Å². The summed E-state index contributed by atoms with van der Waals surface area (Å²) < 4.78 is 21.1. The molecule has 0 bridgehead atoms. The van der Waals surface area contributed by atoms with E-state index < -0.39 is 0 Å². The average molecular weight is 296 g/mol. The Morgan fingerprint density at radius 3 is 2.59 bits per heavy atom. The van der Waals surface area contributed by atoms with Crippen LogP contribution in [0.2, 0.25) is 0 Å². The molecule has 22 heavy (non-hydrogen) atoms. The fourth-order valence-corrected chi connectivity index (χ4v) is 2.38. The lowest BCUT2D eigenvalue weighted by atomic mass is 10.1. The zero-order chi connectivity index (χ0) is 15.5. The zero-order valence-electron chi connectivity index (χ0n) is 12.6. The van der Waals surface area contributed by atoms with Crippen LogP contribution in [0, 0.1) is 12.7 Å². The minimum absolute atomic E-state index is 0.270. The van der Waals surface area contributed by atoms with Gasteiger partial charge in [-0.1, -0.05) is 18.2 Å². The van der Waals surface area contributed by atoms with Crippen LogP contribution in [0.1, 0.15) is 12.5 Å². The Kier molecular flexibility index (Phi) is 3.92. The number of rotatable bonds is 4. The van der Waals surface area contributed by atoms with E-state index in [0.29, 0.717) is 6.61 Å². The second kappa shape index (κ2) is 6.02. The normalized spacial score (nSPS) is 10.7. The van der Waals surface area contributed by atoms with Gasteiger partial charge in [-0.05, 0) is 49.7 Å². The number of hydrogen-bond donors (Lipinski definition) is 0. The van der Waals surface area contributed by atoms with Gasteiger partial charge in [0.25, 0.3) is 0 Å². The third-order valence-corrected chi connectivity index (χ3v) is 3.42. The van der Waals surface area contributed by atoms with Crippen LogP contribution in [-0.4, -0.2) is 16.4 Å². The number of aromatic nitrogens is 2. The lowest BCUT2D eigenvalue weighted by Gasteiger charge is -2.06. The molecule has 0 N–H and O–H groups in total. The summed E-state index contributed by atoms with van der Waals surface area (Å²) in [6, 6.07) is 14.8. The molecule has 2 aromatic carbocycles. The van der Waals surface area contributed by atoms with Gasteiger partial charge in [0.05, 0.1) is 18.0 Å². The molecular weight excluding hydrogens is 279 g/mol. The van der Waals surface area contributed by atoms with E-state index in [1.54, 1.807) is 10.7 Å². The molecule has 0 atom stereocenters. The Labute approximate surface area is 129 Å². The maximum Gasteiger partial charge on any atom is 0.165 e. The van der Waals surface area contributed by atoms with Gasteiger partial charge in [0.15, 0.2) is 11.6 Å². The molecule has 1 aromatic heterocycles. The Morgan fingerprint density at radius 1 is 1.14 bits per heavy atom. The summed E-state index contributed by atoms with van der Waals surface area (Å²) in [5.41, 5.74) is 3.48. The molecule has 3 rings (SSSR count). The molecule has 0 fully saturated rings. The third-order valence-electron chi connectivity index (χ3n) is 3.42. The number of hydrogen-bond acceptors (Lipinski definition) is 2. The number of aryl methyl sites for hydroxylation is 1. The number of para-hydroxylation sites is 1. The van der Waals surface area contributed by atoms with Crippen molar-refractivity contribution in [2.75, 3.05) is 6.61 Å². The minimum Gasteiger partial charge on any atom is -0.491 e. The minimum atomic E-state index is -0.368. The molecule has 3 nitrogen and oxygen atoms in total.